The summed E-state index contributed by atoms with van der Waals surface area (Å²) in [5.74, 6) is -0.891. The molecular weight excluding hydrogens is 192 g/mol. The summed E-state index contributed by atoms with van der Waals surface area (Å²) in [7, 11) is 0. The maximum absolute atomic E-state index is 10.8. The summed E-state index contributed by atoms with van der Waals surface area (Å²) in [5.41, 5.74) is 6.19. The number of carbonyl (C=O) groups is 1. The van der Waals surface area contributed by atoms with Gasteiger partial charge in [-0.15, -0.1) is 0 Å². The van der Waals surface area contributed by atoms with E-state index in [1.807, 2.05) is 6.92 Å². The van der Waals surface area contributed by atoms with Gasteiger partial charge < -0.3 is 10.8 Å². The molecular formula is C11H20N2O2. The van der Waals surface area contributed by atoms with Gasteiger partial charge in [-0.2, -0.15) is 0 Å². The van der Waals surface area contributed by atoms with Crippen LogP contribution in [-0.2, 0) is 4.79 Å². The molecule has 15 heavy (non-hydrogen) atoms. The smallest absolute Gasteiger partial charge is 0.322 e. The standard InChI is InChI=1S/C11H20N2O2/c1-8(9(12)10(14)15)13-6-2-3-11(7-13)4-5-11/h8-9H,2-7,12H2,1H3,(H,14,15). The van der Waals surface area contributed by atoms with Crippen molar-refractivity contribution in [2.24, 2.45) is 11.1 Å². The molecule has 2 aliphatic rings. The summed E-state index contributed by atoms with van der Waals surface area (Å²) in [4.78, 5) is 13.1. The Labute approximate surface area is 90.4 Å². The van der Waals surface area contributed by atoms with Crippen LogP contribution in [0.3, 0.4) is 0 Å². The number of rotatable bonds is 3. The Kier molecular flexibility index (Phi) is 2.73. The molecule has 3 N–H and O–H groups in total. The fraction of sp³-hybridized carbons (Fsp3) is 0.909. The maximum Gasteiger partial charge on any atom is 0.322 e. The third kappa shape index (κ3) is 2.16. The van der Waals surface area contributed by atoms with Gasteiger partial charge in [-0.3, -0.25) is 9.69 Å². The highest BCUT2D eigenvalue weighted by Crippen LogP contribution is 2.52. The second-order valence-corrected chi connectivity index (χ2v) is 5.18. The molecule has 1 saturated carbocycles. The molecule has 0 aromatic rings. The average Bonchev–Trinajstić information content (AvgIpc) is 2.95. The molecule has 1 saturated heterocycles. The molecule has 86 valence electrons. The number of piperidine rings is 1. The van der Waals surface area contributed by atoms with Gasteiger partial charge in [-0.25, -0.2) is 0 Å². The van der Waals surface area contributed by atoms with Crippen LogP contribution in [0.1, 0.15) is 32.6 Å². The third-order valence-electron chi connectivity index (χ3n) is 4.03. The molecule has 1 spiro atoms. The van der Waals surface area contributed by atoms with Crippen molar-refractivity contribution in [3.05, 3.63) is 0 Å². The fourth-order valence-electron chi connectivity index (χ4n) is 2.61. The molecule has 1 aliphatic carbocycles. The van der Waals surface area contributed by atoms with Crippen LogP contribution >= 0.6 is 0 Å². The van der Waals surface area contributed by atoms with Crippen LogP contribution in [0, 0.1) is 5.41 Å². The second kappa shape index (κ2) is 3.76. The summed E-state index contributed by atoms with van der Waals surface area (Å²) in [6, 6.07) is -0.792. The molecule has 2 atom stereocenters. The molecule has 0 aromatic heterocycles. The van der Waals surface area contributed by atoms with E-state index >= 15 is 0 Å². The quantitative estimate of drug-likeness (QED) is 0.721. The van der Waals surface area contributed by atoms with Crippen LogP contribution in [0.4, 0.5) is 0 Å². The Morgan fingerprint density at radius 1 is 1.47 bits per heavy atom. The number of carboxylic acid groups (broad SMARTS) is 1. The first kappa shape index (κ1) is 10.9. The summed E-state index contributed by atoms with van der Waals surface area (Å²) >= 11 is 0. The van der Waals surface area contributed by atoms with E-state index in [2.05, 4.69) is 4.90 Å². The van der Waals surface area contributed by atoms with Gasteiger partial charge in [-0.05, 0) is 44.6 Å². The number of hydrogen-bond donors (Lipinski definition) is 2. The van der Waals surface area contributed by atoms with E-state index in [0.717, 1.165) is 13.1 Å². The first-order valence-electron chi connectivity index (χ1n) is 5.77. The van der Waals surface area contributed by atoms with Crippen LogP contribution in [-0.4, -0.2) is 41.1 Å². The minimum absolute atomic E-state index is 0.0414. The Morgan fingerprint density at radius 3 is 2.67 bits per heavy atom. The van der Waals surface area contributed by atoms with Crippen molar-refractivity contribution in [2.45, 2.75) is 44.7 Å². The second-order valence-electron chi connectivity index (χ2n) is 5.18. The van der Waals surface area contributed by atoms with Crippen molar-refractivity contribution in [1.29, 1.82) is 0 Å². The molecule has 1 heterocycles. The zero-order valence-corrected chi connectivity index (χ0v) is 9.28. The van der Waals surface area contributed by atoms with E-state index in [1.54, 1.807) is 0 Å². The van der Waals surface area contributed by atoms with Gasteiger partial charge in [0.1, 0.15) is 6.04 Å². The number of aliphatic carboxylic acids is 1. The maximum atomic E-state index is 10.8. The van der Waals surface area contributed by atoms with Gasteiger partial charge >= 0.3 is 5.97 Å². The molecule has 2 unspecified atom stereocenters. The van der Waals surface area contributed by atoms with E-state index in [4.69, 9.17) is 10.8 Å². The third-order valence-corrected chi connectivity index (χ3v) is 4.03. The van der Waals surface area contributed by atoms with Crippen LogP contribution in [0.25, 0.3) is 0 Å². The summed E-state index contributed by atoms with van der Waals surface area (Å²) < 4.78 is 0. The molecule has 1 aliphatic heterocycles. The first-order valence-corrected chi connectivity index (χ1v) is 5.77. The Bertz CT molecular complexity index is 263. The largest absolute Gasteiger partial charge is 0.480 e. The van der Waals surface area contributed by atoms with Crippen molar-refractivity contribution >= 4 is 5.97 Å². The van der Waals surface area contributed by atoms with E-state index in [0.29, 0.717) is 5.41 Å². The molecule has 2 fully saturated rings. The van der Waals surface area contributed by atoms with Gasteiger partial charge in [-0.1, -0.05) is 0 Å². The summed E-state index contributed by atoms with van der Waals surface area (Å²) in [6.45, 7) is 3.99. The number of nitrogens with zero attached hydrogens (tertiary/aromatic N) is 1. The zero-order valence-electron chi connectivity index (χ0n) is 9.28. The van der Waals surface area contributed by atoms with Gasteiger partial charge in [0.2, 0.25) is 0 Å². The minimum Gasteiger partial charge on any atom is -0.480 e. The van der Waals surface area contributed by atoms with Crippen LogP contribution in [0.5, 0.6) is 0 Å². The Morgan fingerprint density at radius 2 is 2.13 bits per heavy atom. The van der Waals surface area contributed by atoms with Gasteiger partial charge in [0.05, 0.1) is 0 Å². The van der Waals surface area contributed by atoms with Gasteiger partial charge in [0.25, 0.3) is 0 Å². The van der Waals surface area contributed by atoms with E-state index in [1.165, 1.54) is 25.7 Å². The zero-order chi connectivity index (χ0) is 11.1. The Hall–Kier alpha value is -0.610. The number of likely N-dealkylation sites (tertiary alicyclic amines) is 1. The molecule has 4 nitrogen and oxygen atoms in total. The van der Waals surface area contributed by atoms with E-state index in [-0.39, 0.29) is 6.04 Å². The lowest BCUT2D eigenvalue weighted by Gasteiger charge is -2.38. The number of nitrogens with two attached hydrogens (primary N) is 1. The summed E-state index contributed by atoms with van der Waals surface area (Å²) in [6.07, 6.45) is 5.15. The highest BCUT2D eigenvalue weighted by molar-refractivity contribution is 5.74. The van der Waals surface area contributed by atoms with Crippen molar-refractivity contribution in [3.63, 3.8) is 0 Å². The molecule has 0 radical (unpaired) electrons. The van der Waals surface area contributed by atoms with Crippen LogP contribution in [0.2, 0.25) is 0 Å². The van der Waals surface area contributed by atoms with Crippen LogP contribution < -0.4 is 5.73 Å². The minimum atomic E-state index is -0.891. The topological polar surface area (TPSA) is 66.6 Å². The van der Waals surface area contributed by atoms with E-state index < -0.39 is 12.0 Å². The first-order chi connectivity index (χ1) is 7.04. The molecule has 0 aromatic carbocycles. The van der Waals surface area contributed by atoms with Crippen molar-refractivity contribution in [3.8, 4) is 0 Å². The highest BCUT2D eigenvalue weighted by Gasteiger charge is 2.46. The number of hydrogen-bond acceptors (Lipinski definition) is 3. The van der Waals surface area contributed by atoms with Crippen molar-refractivity contribution in [1.82, 2.24) is 4.90 Å². The lowest BCUT2D eigenvalue weighted by molar-refractivity contribution is -0.140. The van der Waals surface area contributed by atoms with Gasteiger partial charge in [0, 0.05) is 12.6 Å². The van der Waals surface area contributed by atoms with Crippen molar-refractivity contribution < 1.29 is 9.90 Å². The molecule has 2 rings (SSSR count). The lowest BCUT2D eigenvalue weighted by Crippen LogP contribution is -2.53. The molecule has 0 amide bonds. The predicted molar refractivity (Wildman–Crippen MR) is 57.5 cm³/mol. The SMILES string of the molecule is CC(C(N)C(=O)O)N1CCCC2(CC2)C1. The molecule has 0 bridgehead atoms. The normalized spacial score (nSPS) is 28.7. The molecule has 4 heteroatoms. The average molecular weight is 212 g/mol. The van der Waals surface area contributed by atoms with E-state index in [9.17, 15) is 4.79 Å². The van der Waals surface area contributed by atoms with Crippen molar-refractivity contribution in [2.75, 3.05) is 13.1 Å². The predicted octanol–water partition coefficient (Wildman–Crippen LogP) is 0.663. The Balaban J connectivity index is 1.94. The van der Waals surface area contributed by atoms with Gasteiger partial charge in [0.15, 0.2) is 0 Å². The lowest BCUT2D eigenvalue weighted by atomic mass is 9.93. The fourth-order valence-corrected chi connectivity index (χ4v) is 2.61. The summed E-state index contributed by atoms with van der Waals surface area (Å²) in [5, 5.41) is 8.88. The number of carboxylic acids is 1. The van der Waals surface area contributed by atoms with Crippen LogP contribution in [0.15, 0.2) is 0 Å². The highest BCUT2D eigenvalue weighted by atomic mass is 16.4. The monoisotopic (exact) mass is 212 g/mol.